The number of nitriles is 1. The lowest BCUT2D eigenvalue weighted by molar-refractivity contribution is 0.643. The summed E-state index contributed by atoms with van der Waals surface area (Å²) >= 11 is 0. The van der Waals surface area contributed by atoms with Crippen molar-refractivity contribution in [2.75, 3.05) is 6.54 Å². The number of nitrogens with zero attached hydrogens (tertiary/aromatic N) is 2. The summed E-state index contributed by atoms with van der Waals surface area (Å²) in [4.78, 5) is 4.05. The first-order valence-corrected chi connectivity index (χ1v) is 4.49. The maximum absolute atomic E-state index is 8.87. The van der Waals surface area contributed by atoms with Crippen LogP contribution in [0.3, 0.4) is 0 Å². The monoisotopic (exact) mass is 173 g/mol. The van der Waals surface area contributed by atoms with E-state index in [1.807, 2.05) is 0 Å². The van der Waals surface area contributed by atoms with E-state index in [0.29, 0.717) is 6.04 Å². The van der Waals surface area contributed by atoms with Crippen LogP contribution in [0.1, 0.15) is 30.0 Å². The minimum atomic E-state index is 0.336. The summed E-state index contributed by atoms with van der Waals surface area (Å²) in [7, 11) is 0. The Bertz CT molecular complexity index is 334. The fraction of sp³-hybridized carbons (Fsp3) is 0.400. The molecule has 0 radical (unpaired) electrons. The smallest absolute Gasteiger partial charge is 0.0996 e. The first-order valence-electron chi connectivity index (χ1n) is 4.49. The molecule has 1 fully saturated rings. The fourth-order valence-corrected chi connectivity index (χ4v) is 1.74. The molecule has 1 aliphatic rings. The van der Waals surface area contributed by atoms with E-state index in [9.17, 15) is 0 Å². The predicted octanol–water partition coefficient (Wildman–Crippen LogP) is 1.38. The third-order valence-corrected chi connectivity index (χ3v) is 2.41. The Kier molecular flexibility index (Phi) is 2.24. The van der Waals surface area contributed by atoms with E-state index in [4.69, 9.17) is 5.26 Å². The molecule has 2 heterocycles. The SMILES string of the molecule is N#Cc1ccncc1[C@H]1CCCN1. The molecule has 1 atom stereocenters. The number of nitrogens with one attached hydrogen (secondary N) is 1. The van der Waals surface area contributed by atoms with Crippen molar-refractivity contribution in [1.29, 1.82) is 5.26 Å². The van der Waals surface area contributed by atoms with Gasteiger partial charge in [-0.1, -0.05) is 0 Å². The number of hydrogen-bond acceptors (Lipinski definition) is 3. The summed E-state index contributed by atoms with van der Waals surface area (Å²) in [5.74, 6) is 0. The Morgan fingerprint density at radius 2 is 2.54 bits per heavy atom. The van der Waals surface area contributed by atoms with Gasteiger partial charge >= 0.3 is 0 Å². The second-order valence-electron chi connectivity index (χ2n) is 3.22. The van der Waals surface area contributed by atoms with E-state index in [1.165, 1.54) is 6.42 Å². The van der Waals surface area contributed by atoms with Crippen LogP contribution in [0.4, 0.5) is 0 Å². The van der Waals surface area contributed by atoms with Gasteiger partial charge in [0.2, 0.25) is 0 Å². The maximum atomic E-state index is 8.87. The van der Waals surface area contributed by atoms with Crippen molar-refractivity contribution in [3.05, 3.63) is 29.6 Å². The lowest BCUT2D eigenvalue weighted by Gasteiger charge is -2.10. The molecule has 0 aliphatic carbocycles. The van der Waals surface area contributed by atoms with Crippen LogP contribution in [0.15, 0.2) is 18.5 Å². The molecule has 1 aromatic rings. The van der Waals surface area contributed by atoms with Crippen LogP contribution in [0.2, 0.25) is 0 Å². The Morgan fingerprint density at radius 3 is 3.23 bits per heavy atom. The van der Waals surface area contributed by atoms with E-state index in [0.717, 1.165) is 24.1 Å². The van der Waals surface area contributed by atoms with Crippen LogP contribution in [0.5, 0.6) is 0 Å². The molecular weight excluding hydrogens is 162 g/mol. The second kappa shape index (κ2) is 3.55. The van der Waals surface area contributed by atoms with Gasteiger partial charge in [-0.3, -0.25) is 4.98 Å². The molecule has 1 aliphatic heterocycles. The lowest BCUT2D eigenvalue weighted by atomic mass is 10.0. The Balaban J connectivity index is 2.33. The van der Waals surface area contributed by atoms with Crippen molar-refractivity contribution in [3.8, 4) is 6.07 Å². The summed E-state index contributed by atoms with van der Waals surface area (Å²) in [5.41, 5.74) is 1.79. The molecule has 1 aromatic heterocycles. The van der Waals surface area contributed by atoms with Crippen LogP contribution in [-0.4, -0.2) is 11.5 Å². The first-order chi connectivity index (χ1) is 6.42. The highest BCUT2D eigenvalue weighted by Gasteiger charge is 2.18. The van der Waals surface area contributed by atoms with Crippen LogP contribution in [-0.2, 0) is 0 Å². The summed E-state index contributed by atoms with van der Waals surface area (Å²) in [6, 6.07) is 4.30. The average molecular weight is 173 g/mol. The predicted molar refractivity (Wildman–Crippen MR) is 48.9 cm³/mol. The molecule has 3 heteroatoms. The van der Waals surface area contributed by atoms with Gasteiger partial charge in [-0.05, 0) is 25.5 Å². The minimum Gasteiger partial charge on any atom is -0.310 e. The fourth-order valence-electron chi connectivity index (χ4n) is 1.74. The maximum Gasteiger partial charge on any atom is 0.0996 e. The van der Waals surface area contributed by atoms with Crippen LogP contribution >= 0.6 is 0 Å². The molecule has 0 saturated carbocycles. The second-order valence-corrected chi connectivity index (χ2v) is 3.22. The van der Waals surface area contributed by atoms with Gasteiger partial charge in [0, 0.05) is 24.0 Å². The molecule has 1 saturated heterocycles. The number of aromatic nitrogens is 1. The van der Waals surface area contributed by atoms with Crippen molar-refractivity contribution < 1.29 is 0 Å². The zero-order valence-corrected chi connectivity index (χ0v) is 7.33. The van der Waals surface area contributed by atoms with Crippen molar-refractivity contribution in [3.63, 3.8) is 0 Å². The molecule has 13 heavy (non-hydrogen) atoms. The topological polar surface area (TPSA) is 48.7 Å². The highest BCUT2D eigenvalue weighted by Crippen LogP contribution is 2.24. The van der Waals surface area contributed by atoms with E-state index in [1.54, 1.807) is 18.5 Å². The highest BCUT2D eigenvalue weighted by molar-refractivity contribution is 5.37. The molecule has 0 bridgehead atoms. The third kappa shape index (κ3) is 1.53. The van der Waals surface area contributed by atoms with Gasteiger partial charge in [-0.25, -0.2) is 0 Å². The molecule has 66 valence electrons. The van der Waals surface area contributed by atoms with Gasteiger partial charge in [0.05, 0.1) is 11.6 Å². The molecule has 0 amide bonds. The van der Waals surface area contributed by atoms with Gasteiger partial charge in [0.15, 0.2) is 0 Å². The summed E-state index contributed by atoms with van der Waals surface area (Å²) in [6.45, 7) is 1.05. The van der Waals surface area contributed by atoms with E-state index < -0.39 is 0 Å². The third-order valence-electron chi connectivity index (χ3n) is 2.41. The quantitative estimate of drug-likeness (QED) is 0.698. The van der Waals surface area contributed by atoms with Gasteiger partial charge in [-0.15, -0.1) is 0 Å². The molecule has 1 N–H and O–H groups in total. The standard InChI is InChI=1S/C10H11N3/c11-6-8-3-5-12-7-9(8)10-2-1-4-13-10/h3,5,7,10,13H,1-2,4H2/t10-/m1/s1. The normalized spacial score (nSPS) is 21.3. The molecular formula is C10H11N3. The van der Waals surface area contributed by atoms with E-state index in [2.05, 4.69) is 16.4 Å². The summed E-state index contributed by atoms with van der Waals surface area (Å²) in [6.07, 6.45) is 5.75. The molecule has 3 nitrogen and oxygen atoms in total. The van der Waals surface area contributed by atoms with E-state index >= 15 is 0 Å². The van der Waals surface area contributed by atoms with Crippen LogP contribution < -0.4 is 5.32 Å². The number of hydrogen-bond donors (Lipinski definition) is 1. The van der Waals surface area contributed by atoms with Crippen molar-refractivity contribution in [2.45, 2.75) is 18.9 Å². The Hall–Kier alpha value is -1.40. The molecule has 2 rings (SSSR count). The Labute approximate surface area is 77.4 Å². The average Bonchev–Trinajstić information content (AvgIpc) is 2.70. The van der Waals surface area contributed by atoms with Crippen molar-refractivity contribution in [2.24, 2.45) is 0 Å². The van der Waals surface area contributed by atoms with Crippen molar-refractivity contribution in [1.82, 2.24) is 10.3 Å². The zero-order valence-electron chi connectivity index (χ0n) is 7.33. The summed E-state index contributed by atoms with van der Waals surface area (Å²) < 4.78 is 0. The molecule has 0 aromatic carbocycles. The summed E-state index contributed by atoms with van der Waals surface area (Å²) in [5, 5.41) is 12.2. The van der Waals surface area contributed by atoms with E-state index in [-0.39, 0.29) is 0 Å². The largest absolute Gasteiger partial charge is 0.310 e. The highest BCUT2D eigenvalue weighted by atomic mass is 14.9. The molecule has 0 spiro atoms. The lowest BCUT2D eigenvalue weighted by Crippen LogP contribution is -2.14. The van der Waals surface area contributed by atoms with Gasteiger partial charge in [0.25, 0.3) is 0 Å². The van der Waals surface area contributed by atoms with Gasteiger partial charge in [0.1, 0.15) is 0 Å². The van der Waals surface area contributed by atoms with Gasteiger partial charge < -0.3 is 5.32 Å². The van der Waals surface area contributed by atoms with Crippen LogP contribution in [0.25, 0.3) is 0 Å². The number of pyridine rings is 1. The first kappa shape index (κ1) is 8.21. The number of rotatable bonds is 1. The van der Waals surface area contributed by atoms with Gasteiger partial charge in [-0.2, -0.15) is 5.26 Å². The zero-order chi connectivity index (χ0) is 9.10. The Morgan fingerprint density at radius 1 is 1.62 bits per heavy atom. The van der Waals surface area contributed by atoms with Crippen molar-refractivity contribution >= 4 is 0 Å². The van der Waals surface area contributed by atoms with Crippen LogP contribution in [0, 0.1) is 11.3 Å². The molecule has 0 unspecified atom stereocenters. The minimum absolute atomic E-state index is 0.336.